The van der Waals surface area contributed by atoms with Gasteiger partial charge in [0.2, 0.25) is 5.13 Å². The second-order valence-electron chi connectivity index (χ2n) is 4.26. The minimum absolute atomic E-state index is 0.144. The Kier molecular flexibility index (Phi) is 6.25. The topological polar surface area (TPSA) is 102 Å². The number of hydrogen-bond acceptors (Lipinski definition) is 8. The number of aromatic nitrogens is 2. The smallest absolute Gasteiger partial charge is 0.311 e. The van der Waals surface area contributed by atoms with Crippen LogP contribution in [0.2, 0.25) is 0 Å². The molecule has 0 atom stereocenters. The van der Waals surface area contributed by atoms with Crippen LogP contribution in [-0.4, -0.2) is 28.8 Å². The van der Waals surface area contributed by atoms with Crippen molar-refractivity contribution >= 4 is 28.7 Å². The Balaban J connectivity index is 2.26. The van der Waals surface area contributed by atoms with Crippen LogP contribution in [-0.2, 0) is 16.0 Å². The zero-order chi connectivity index (χ0) is 16.5. The SMILES string of the molecule is CCOC(=O)Cc1sc(N/N=C\C=C/N)nc1-c1ccccn1. The highest BCUT2D eigenvalue weighted by Gasteiger charge is 2.17. The molecule has 0 aliphatic rings. The Hall–Kier alpha value is -2.74. The summed E-state index contributed by atoms with van der Waals surface area (Å²) in [6.07, 6.45) is 6.29. The van der Waals surface area contributed by atoms with E-state index in [1.165, 1.54) is 23.8 Å². The van der Waals surface area contributed by atoms with Gasteiger partial charge in [-0.2, -0.15) is 5.10 Å². The molecular weight excluding hydrogens is 314 g/mol. The average Bonchev–Trinajstić information content (AvgIpc) is 2.95. The monoisotopic (exact) mass is 331 g/mol. The lowest BCUT2D eigenvalue weighted by Gasteiger charge is -2.01. The summed E-state index contributed by atoms with van der Waals surface area (Å²) in [4.78, 5) is 21.3. The molecule has 2 aromatic heterocycles. The molecule has 0 amide bonds. The third-order valence-electron chi connectivity index (χ3n) is 2.65. The fraction of sp³-hybridized carbons (Fsp3) is 0.200. The van der Waals surface area contributed by atoms with Gasteiger partial charge in [0.1, 0.15) is 5.69 Å². The first-order valence-corrected chi connectivity index (χ1v) is 7.79. The molecule has 120 valence electrons. The number of carbonyl (C=O) groups is 1. The number of nitrogens with zero attached hydrogens (tertiary/aromatic N) is 3. The van der Waals surface area contributed by atoms with Gasteiger partial charge in [-0.3, -0.25) is 15.2 Å². The lowest BCUT2D eigenvalue weighted by atomic mass is 10.2. The summed E-state index contributed by atoms with van der Waals surface area (Å²) in [5, 5.41) is 4.53. The van der Waals surface area contributed by atoms with E-state index in [0.717, 1.165) is 4.88 Å². The fourth-order valence-corrected chi connectivity index (χ4v) is 2.66. The quantitative estimate of drug-likeness (QED) is 0.458. The zero-order valence-corrected chi connectivity index (χ0v) is 13.4. The number of ether oxygens (including phenoxy) is 1. The molecule has 0 spiro atoms. The Bertz CT molecular complexity index is 697. The summed E-state index contributed by atoms with van der Waals surface area (Å²) in [6, 6.07) is 5.53. The zero-order valence-electron chi connectivity index (χ0n) is 12.6. The maximum Gasteiger partial charge on any atom is 0.311 e. The number of rotatable bonds is 7. The number of anilines is 1. The Labute approximate surface area is 137 Å². The van der Waals surface area contributed by atoms with Gasteiger partial charge in [0.05, 0.1) is 18.7 Å². The van der Waals surface area contributed by atoms with Crippen molar-refractivity contribution in [2.45, 2.75) is 13.3 Å². The van der Waals surface area contributed by atoms with Crippen LogP contribution >= 0.6 is 11.3 Å². The van der Waals surface area contributed by atoms with Crippen LogP contribution in [0.3, 0.4) is 0 Å². The highest BCUT2D eigenvalue weighted by Crippen LogP contribution is 2.30. The van der Waals surface area contributed by atoms with Crippen molar-refractivity contribution in [2.24, 2.45) is 10.8 Å². The van der Waals surface area contributed by atoms with Gasteiger partial charge in [-0.15, -0.1) is 0 Å². The third kappa shape index (κ3) is 4.89. The van der Waals surface area contributed by atoms with Crippen molar-refractivity contribution in [3.8, 4) is 11.4 Å². The predicted octanol–water partition coefficient (Wildman–Crippen LogP) is 2.18. The molecule has 0 aromatic carbocycles. The molecule has 23 heavy (non-hydrogen) atoms. The molecule has 2 rings (SSSR count). The fourth-order valence-electron chi connectivity index (χ4n) is 1.75. The molecule has 0 unspecified atom stereocenters. The standard InChI is InChI=1S/C15H17N5O2S/c1-2-22-13(21)10-12-14(11-6-3-4-8-17-11)19-15(23-12)20-18-9-5-7-16/h3-9H,2,10,16H2,1H3,(H,19,20)/b7-5-,18-9-. The molecule has 0 saturated carbocycles. The maximum absolute atomic E-state index is 11.8. The number of nitrogens with two attached hydrogens (primary N) is 1. The minimum Gasteiger partial charge on any atom is -0.466 e. The van der Waals surface area contributed by atoms with E-state index >= 15 is 0 Å². The summed E-state index contributed by atoms with van der Waals surface area (Å²) in [5.41, 5.74) is 9.37. The molecular formula is C15H17N5O2S. The lowest BCUT2D eigenvalue weighted by molar-refractivity contribution is -0.142. The van der Waals surface area contributed by atoms with E-state index in [9.17, 15) is 4.79 Å². The van der Waals surface area contributed by atoms with E-state index < -0.39 is 0 Å². The van der Waals surface area contributed by atoms with E-state index in [1.807, 2.05) is 18.2 Å². The first-order chi connectivity index (χ1) is 11.2. The first-order valence-electron chi connectivity index (χ1n) is 6.97. The van der Waals surface area contributed by atoms with Crippen molar-refractivity contribution in [1.82, 2.24) is 9.97 Å². The van der Waals surface area contributed by atoms with Gasteiger partial charge in [-0.25, -0.2) is 4.98 Å². The molecule has 8 heteroatoms. The number of hydrazone groups is 1. The van der Waals surface area contributed by atoms with Gasteiger partial charge >= 0.3 is 5.97 Å². The Morgan fingerprint density at radius 2 is 2.39 bits per heavy atom. The van der Waals surface area contributed by atoms with Crippen LogP contribution in [0, 0.1) is 0 Å². The number of hydrogen-bond donors (Lipinski definition) is 2. The number of carbonyl (C=O) groups excluding carboxylic acids is 1. The van der Waals surface area contributed by atoms with E-state index in [4.69, 9.17) is 10.5 Å². The number of pyridine rings is 1. The van der Waals surface area contributed by atoms with Crippen LogP contribution in [0.4, 0.5) is 5.13 Å². The van der Waals surface area contributed by atoms with Crippen LogP contribution in [0.25, 0.3) is 11.4 Å². The molecule has 0 bridgehead atoms. The first kappa shape index (κ1) is 16.6. The number of esters is 1. The number of thiazole rings is 1. The molecule has 3 N–H and O–H groups in total. The average molecular weight is 331 g/mol. The van der Waals surface area contributed by atoms with Gasteiger partial charge in [0.25, 0.3) is 0 Å². The molecule has 7 nitrogen and oxygen atoms in total. The third-order valence-corrected chi connectivity index (χ3v) is 3.61. The van der Waals surface area contributed by atoms with Gasteiger partial charge in [-0.1, -0.05) is 17.4 Å². The molecule has 0 fully saturated rings. The number of allylic oxidation sites excluding steroid dienone is 1. The van der Waals surface area contributed by atoms with Crippen molar-refractivity contribution in [3.63, 3.8) is 0 Å². The summed E-state index contributed by atoms with van der Waals surface area (Å²) < 4.78 is 5.01. The second-order valence-corrected chi connectivity index (χ2v) is 5.35. The maximum atomic E-state index is 11.8. The van der Waals surface area contributed by atoms with Crippen LogP contribution in [0.5, 0.6) is 0 Å². The van der Waals surface area contributed by atoms with Crippen molar-refractivity contribution < 1.29 is 9.53 Å². The van der Waals surface area contributed by atoms with Gasteiger partial charge in [0.15, 0.2) is 0 Å². The minimum atomic E-state index is -0.297. The Morgan fingerprint density at radius 1 is 1.52 bits per heavy atom. The van der Waals surface area contributed by atoms with Crippen LogP contribution < -0.4 is 11.2 Å². The van der Waals surface area contributed by atoms with Crippen molar-refractivity contribution in [1.29, 1.82) is 0 Å². The molecule has 0 aliphatic heterocycles. The van der Waals surface area contributed by atoms with Crippen molar-refractivity contribution in [2.75, 3.05) is 12.0 Å². The Morgan fingerprint density at radius 3 is 3.09 bits per heavy atom. The van der Waals surface area contributed by atoms with Gasteiger partial charge < -0.3 is 10.5 Å². The lowest BCUT2D eigenvalue weighted by Crippen LogP contribution is -2.07. The van der Waals surface area contributed by atoms with E-state index in [2.05, 4.69) is 20.5 Å². The number of nitrogens with one attached hydrogen (secondary N) is 1. The molecule has 0 aliphatic carbocycles. The predicted molar refractivity (Wildman–Crippen MR) is 91.1 cm³/mol. The molecule has 2 aromatic rings. The second kappa shape index (κ2) is 8.64. The van der Waals surface area contributed by atoms with Crippen LogP contribution in [0.1, 0.15) is 11.8 Å². The normalized spacial score (nSPS) is 11.2. The summed E-state index contributed by atoms with van der Waals surface area (Å²) in [7, 11) is 0. The highest BCUT2D eigenvalue weighted by molar-refractivity contribution is 7.16. The molecule has 2 heterocycles. The largest absolute Gasteiger partial charge is 0.466 e. The molecule has 0 saturated heterocycles. The van der Waals surface area contributed by atoms with Gasteiger partial charge in [-0.05, 0) is 31.3 Å². The van der Waals surface area contributed by atoms with Gasteiger partial charge in [0, 0.05) is 17.3 Å². The summed E-state index contributed by atoms with van der Waals surface area (Å²) >= 11 is 1.33. The van der Waals surface area contributed by atoms with Crippen molar-refractivity contribution in [3.05, 3.63) is 41.5 Å². The van der Waals surface area contributed by atoms with Crippen LogP contribution in [0.15, 0.2) is 41.8 Å². The van der Waals surface area contributed by atoms with E-state index in [1.54, 1.807) is 19.2 Å². The molecule has 0 radical (unpaired) electrons. The summed E-state index contributed by atoms with van der Waals surface area (Å²) in [5.74, 6) is -0.297. The highest BCUT2D eigenvalue weighted by atomic mass is 32.1. The van der Waals surface area contributed by atoms with E-state index in [0.29, 0.717) is 23.1 Å². The summed E-state index contributed by atoms with van der Waals surface area (Å²) in [6.45, 7) is 2.12. The van der Waals surface area contributed by atoms with E-state index in [-0.39, 0.29) is 12.4 Å².